The Morgan fingerprint density at radius 2 is 1.88 bits per heavy atom. The van der Waals surface area contributed by atoms with Crippen LogP contribution in [-0.2, 0) is 11.2 Å². The summed E-state index contributed by atoms with van der Waals surface area (Å²) in [6, 6.07) is 17.8. The van der Waals surface area contributed by atoms with E-state index in [1.54, 1.807) is 18.3 Å². The van der Waals surface area contributed by atoms with Crippen molar-refractivity contribution in [2.24, 2.45) is 4.99 Å². The second-order valence-electron chi connectivity index (χ2n) is 7.99. The third kappa shape index (κ3) is 4.62. The molecule has 0 aliphatic heterocycles. The van der Waals surface area contributed by atoms with Gasteiger partial charge in [0.1, 0.15) is 12.4 Å². The van der Waals surface area contributed by atoms with Crippen LogP contribution in [0.5, 0.6) is 0 Å². The van der Waals surface area contributed by atoms with Crippen molar-refractivity contribution < 1.29 is 4.79 Å². The van der Waals surface area contributed by atoms with Gasteiger partial charge >= 0.3 is 0 Å². The van der Waals surface area contributed by atoms with E-state index in [1.165, 1.54) is 28.6 Å². The summed E-state index contributed by atoms with van der Waals surface area (Å²) in [4.78, 5) is 21.6. The molecule has 168 valence electrons. The number of hydrogen-bond acceptors (Lipinski definition) is 5. The number of pyridine rings is 1. The van der Waals surface area contributed by atoms with Crippen LogP contribution in [-0.4, -0.2) is 27.5 Å². The average molecular weight is 449 g/mol. The van der Waals surface area contributed by atoms with Crippen LogP contribution < -0.4 is 4.90 Å². The Morgan fingerprint density at radius 3 is 2.56 bits per heavy atom. The molecule has 0 saturated carbocycles. The zero-order valence-corrected chi connectivity index (χ0v) is 19.3. The molecule has 2 aromatic carbocycles. The average Bonchev–Trinajstić information content (AvgIpc) is 3.40. The molecule has 7 nitrogen and oxygen atoms in total. The maximum absolute atomic E-state index is 11.7. The monoisotopic (exact) mass is 448 g/mol. The van der Waals surface area contributed by atoms with E-state index >= 15 is 0 Å². The molecule has 0 fully saturated rings. The molecule has 0 saturated heterocycles. The smallest absolute Gasteiger partial charge is 0.219 e. The minimum Gasteiger partial charge on any atom is -0.278 e. The Morgan fingerprint density at radius 1 is 1.09 bits per heavy atom. The van der Waals surface area contributed by atoms with Gasteiger partial charge < -0.3 is 0 Å². The Kier molecular flexibility index (Phi) is 6.60. The quantitative estimate of drug-likeness (QED) is 0.227. The lowest BCUT2D eigenvalue weighted by atomic mass is 9.93. The van der Waals surface area contributed by atoms with Gasteiger partial charge in [-0.2, -0.15) is 10.4 Å². The molecule has 1 amide bonds. The fourth-order valence-corrected chi connectivity index (χ4v) is 3.90. The summed E-state index contributed by atoms with van der Waals surface area (Å²) in [5.41, 5.74) is 8.06. The molecule has 7 heteroatoms. The van der Waals surface area contributed by atoms with E-state index in [2.05, 4.69) is 52.3 Å². The van der Waals surface area contributed by atoms with Crippen LogP contribution in [0.2, 0.25) is 0 Å². The summed E-state index contributed by atoms with van der Waals surface area (Å²) in [6.07, 6.45) is 8.07. The molecule has 34 heavy (non-hydrogen) atoms. The number of anilines is 1. The zero-order chi connectivity index (χ0) is 24.1. The van der Waals surface area contributed by atoms with E-state index in [9.17, 15) is 10.1 Å². The standard InChI is InChI=1S/C27H24N6O/c1-19-14-23(15-22-7-9-24(10-8-22)33-13-5-12-31-33)20(2)21(3)27(19)30-17-32(18-34)26-6-4-11-29-25(26)16-28/h4-14,17-18H,15H2,1-3H3/b30-17-. The van der Waals surface area contributed by atoms with Crippen LogP contribution in [0, 0.1) is 32.1 Å². The maximum Gasteiger partial charge on any atom is 0.219 e. The van der Waals surface area contributed by atoms with Crippen LogP contribution in [0.4, 0.5) is 11.4 Å². The van der Waals surface area contributed by atoms with Crippen molar-refractivity contribution >= 4 is 24.1 Å². The van der Waals surface area contributed by atoms with Gasteiger partial charge in [0.05, 0.1) is 17.1 Å². The van der Waals surface area contributed by atoms with Crippen LogP contribution in [0.15, 0.2) is 72.1 Å². The number of rotatable bonds is 7. The van der Waals surface area contributed by atoms with Crippen molar-refractivity contribution in [2.75, 3.05) is 4.90 Å². The molecular weight excluding hydrogens is 424 g/mol. The Bertz CT molecular complexity index is 1380. The van der Waals surface area contributed by atoms with Gasteiger partial charge in [-0.15, -0.1) is 0 Å². The lowest BCUT2D eigenvalue weighted by Crippen LogP contribution is -2.20. The minimum atomic E-state index is 0.166. The van der Waals surface area contributed by atoms with Gasteiger partial charge in [0.25, 0.3) is 0 Å². The number of carbonyl (C=O) groups is 1. The van der Waals surface area contributed by atoms with E-state index < -0.39 is 0 Å². The van der Waals surface area contributed by atoms with Crippen LogP contribution >= 0.6 is 0 Å². The van der Waals surface area contributed by atoms with Crippen molar-refractivity contribution in [3.05, 3.63) is 101 Å². The van der Waals surface area contributed by atoms with Gasteiger partial charge in [-0.25, -0.2) is 14.7 Å². The largest absolute Gasteiger partial charge is 0.278 e. The highest BCUT2D eigenvalue weighted by atomic mass is 16.1. The second-order valence-corrected chi connectivity index (χ2v) is 7.99. The normalized spacial score (nSPS) is 10.9. The predicted molar refractivity (Wildman–Crippen MR) is 133 cm³/mol. The second kappa shape index (κ2) is 9.92. The molecule has 0 aliphatic carbocycles. The van der Waals surface area contributed by atoms with E-state index in [4.69, 9.17) is 0 Å². The summed E-state index contributed by atoms with van der Waals surface area (Å²) in [6.45, 7) is 6.14. The molecule has 0 spiro atoms. The van der Waals surface area contributed by atoms with E-state index in [0.29, 0.717) is 12.1 Å². The summed E-state index contributed by atoms with van der Waals surface area (Å²) in [5, 5.41) is 13.6. The topological polar surface area (TPSA) is 87.2 Å². The fourth-order valence-electron chi connectivity index (χ4n) is 3.90. The number of benzene rings is 2. The van der Waals surface area contributed by atoms with E-state index in [0.717, 1.165) is 34.5 Å². The Labute approximate surface area is 198 Å². The number of aryl methyl sites for hydroxylation is 1. The number of nitriles is 1. The van der Waals surface area contributed by atoms with Crippen molar-refractivity contribution in [2.45, 2.75) is 27.2 Å². The maximum atomic E-state index is 11.7. The molecule has 0 radical (unpaired) electrons. The predicted octanol–water partition coefficient (Wildman–Crippen LogP) is 4.98. The van der Waals surface area contributed by atoms with Crippen molar-refractivity contribution in [3.63, 3.8) is 0 Å². The van der Waals surface area contributed by atoms with Gasteiger partial charge in [-0.1, -0.05) is 18.2 Å². The number of carbonyl (C=O) groups excluding carboxylic acids is 1. The SMILES string of the molecule is Cc1cc(Cc2ccc(-n3cccn3)cc2)c(C)c(C)c1/N=C\N(C=O)c1cccnc1C#N. The molecule has 0 atom stereocenters. The van der Waals surface area contributed by atoms with Crippen LogP contribution in [0.1, 0.15) is 33.5 Å². The fraction of sp³-hybridized carbons (Fsp3) is 0.148. The first kappa shape index (κ1) is 22.6. The van der Waals surface area contributed by atoms with Gasteiger partial charge in [0.2, 0.25) is 6.41 Å². The minimum absolute atomic E-state index is 0.166. The van der Waals surface area contributed by atoms with Crippen molar-refractivity contribution in [3.8, 4) is 11.8 Å². The molecule has 4 rings (SSSR count). The Hall–Kier alpha value is -4.57. The number of aliphatic imine (C=N–C) groups is 1. The molecule has 2 heterocycles. The number of hydrogen-bond donors (Lipinski definition) is 0. The Balaban J connectivity index is 1.59. The molecule has 0 unspecified atom stereocenters. The summed E-state index contributed by atoms with van der Waals surface area (Å²) in [5.74, 6) is 0. The number of nitrogens with zero attached hydrogens (tertiary/aromatic N) is 6. The van der Waals surface area contributed by atoms with E-state index in [1.807, 2.05) is 36.9 Å². The summed E-state index contributed by atoms with van der Waals surface area (Å²) < 4.78 is 1.84. The molecular formula is C27H24N6O. The van der Waals surface area contributed by atoms with Gasteiger partial charge in [-0.05, 0) is 85.3 Å². The van der Waals surface area contributed by atoms with Gasteiger partial charge in [0.15, 0.2) is 5.69 Å². The van der Waals surface area contributed by atoms with Gasteiger partial charge in [0, 0.05) is 18.6 Å². The first-order valence-corrected chi connectivity index (χ1v) is 10.8. The van der Waals surface area contributed by atoms with Crippen molar-refractivity contribution in [1.29, 1.82) is 5.26 Å². The number of amides is 1. The molecule has 2 aromatic heterocycles. The molecule has 4 aromatic rings. The van der Waals surface area contributed by atoms with Crippen LogP contribution in [0.25, 0.3) is 5.69 Å². The zero-order valence-electron chi connectivity index (χ0n) is 19.3. The van der Waals surface area contributed by atoms with Crippen molar-refractivity contribution in [1.82, 2.24) is 14.8 Å². The highest BCUT2D eigenvalue weighted by Crippen LogP contribution is 2.30. The third-order valence-electron chi connectivity index (χ3n) is 5.86. The first-order valence-electron chi connectivity index (χ1n) is 10.8. The molecule has 0 N–H and O–H groups in total. The first-order chi connectivity index (χ1) is 16.5. The lowest BCUT2D eigenvalue weighted by molar-refractivity contribution is -0.106. The highest BCUT2D eigenvalue weighted by Gasteiger charge is 2.13. The summed E-state index contributed by atoms with van der Waals surface area (Å²) in [7, 11) is 0. The van der Waals surface area contributed by atoms with E-state index in [-0.39, 0.29) is 5.69 Å². The lowest BCUT2D eigenvalue weighted by Gasteiger charge is -2.16. The highest BCUT2D eigenvalue weighted by molar-refractivity contribution is 5.99. The van der Waals surface area contributed by atoms with Gasteiger partial charge in [-0.3, -0.25) is 9.69 Å². The molecule has 0 aliphatic rings. The van der Waals surface area contributed by atoms with Crippen LogP contribution in [0.3, 0.4) is 0 Å². The number of aromatic nitrogens is 3. The summed E-state index contributed by atoms with van der Waals surface area (Å²) >= 11 is 0. The molecule has 0 bridgehead atoms. The third-order valence-corrected chi connectivity index (χ3v) is 5.86.